The molecule has 114 valence electrons. The van der Waals surface area contributed by atoms with Gasteiger partial charge < -0.3 is 4.74 Å². The number of benzene rings is 1. The number of ether oxygens (including phenoxy) is 1. The van der Waals surface area contributed by atoms with E-state index >= 15 is 0 Å². The molecular formula is C18H25NO2. The van der Waals surface area contributed by atoms with Crippen molar-refractivity contribution >= 4 is 5.97 Å². The van der Waals surface area contributed by atoms with Crippen LogP contribution in [0.4, 0.5) is 0 Å². The molecule has 1 rings (SSSR count). The van der Waals surface area contributed by atoms with E-state index in [-0.39, 0.29) is 5.97 Å². The number of carbonyl (C=O) groups is 1. The monoisotopic (exact) mass is 287 g/mol. The van der Waals surface area contributed by atoms with E-state index in [0.717, 1.165) is 12.1 Å². The molecular weight excluding hydrogens is 262 g/mol. The Labute approximate surface area is 128 Å². The lowest BCUT2D eigenvalue weighted by Gasteiger charge is -2.28. The highest BCUT2D eigenvalue weighted by Gasteiger charge is 2.11. The van der Waals surface area contributed by atoms with Crippen molar-refractivity contribution in [2.24, 2.45) is 0 Å². The van der Waals surface area contributed by atoms with Crippen molar-refractivity contribution < 1.29 is 9.53 Å². The van der Waals surface area contributed by atoms with Crippen LogP contribution in [-0.4, -0.2) is 36.1 Å². The van der Waals surface area contributed by atoms with E-state index in [1.54, 1.807) is 19.1 Å². The van der Waals surface area contributed by atoms with Crippen molar-refractivity contribution in [2.45, 2.75) is 46.7 Å². The minimum absolute atomic E-state index is 0.289. The van der Waals surface area contributed by atoms with Gasteiger partial charge >= 0.3 is 5.97 Å². The number of rotatable bonds is 5. The largest absolute Gasteiger partial charge is 0.462 e. The molecule has 0 heterocycles. The van der Waals surface area contributed by atoms with E-state index < -0.39 is 0 Å². The summed E-state index contributed by atoms with van der Waals surface area (Å²) in [5.41, 5.74) is 1.48. The molecule has 0 amide bonds. The van der Waals surface area contributed by atoms with Crippen LogP contribution in [0.3, 0.4) is 0 Å². The van der Waals surface area contributed by atoms with Crippen LogP contribution in [0.1, 0.15) is 50.5 Å². The van der Waals surface area contributed by atoms with Crippen molar-refractivity contribution in [1.29, 1.82) is 0 Å². The van der Waals surface area contributed by atoms with E-state index in [2.05, 4.69) is 44.4 Å². The van der Waals surface area contributed by atoms with Crippen LogP contribution in [-0.2, 0) is 4.74 Å². The molecule has 0 saturated carbocycles. The number of esters is 1. The SMILES string of the molecule is CCOC(=O)c1ccc(C#CCN(C(C)C)C(C)C)cc1. The maximum Gasteiger partial charge on any atom is 0.338 e. The highest BCUT2D eigenvalue weighted by atomic mass is 16.5. The molecule has 1 aromatic rings. The van der Waals surface area contributed by atoms with Gasteiger partial charge in [-0.3, -0.25) is 4.90 Å². The summed E-state index contributed by atoms with van der Waals surface area (Å²) in [5.74, 6) is 6.05. The first-order valence-corrected chi connectivity index (χ1v) is 7.47. The molecule has 0 spiro atoms. The average molecular weight is 287 g/mol. The molecule has 3 nitrogen and oxygen atoms in total. The van der Waals surface area contributed by atoms with Crippen LogP contribution in [0.25, 0.3) is 0 Å². The van der Waals surface area contributed by atoms with E-state index in [1.165, 1.54) is 0 Å². The van der Waals surface area contributed by atoms with E-state index in [9.17, 15) is 4.79 Å². The predicted octanol–water partition coefficient (Wildman–Crippen LogP) is 3.33. The fourth-order valence-electron chi connectivity index (χ4n) is 2.10. The average Bonchev–Trinajstić information content (AvgIpc) is 2.43. The molecule has 0 bridgehead atoms. The summed E-state index contributed by atoms with van der Waals surface area (Å²) in [5, 5.41) is 0. The summed E-state index contributed by atoms with van der Waals surface area (Å²) in [6.07, 6.45) is 0. The Morgan fingerprint density at radius 1 is 1.14 bits per heavy atom. The number of carbonyl (C=O) groups excluding carboxylic acids is 1. The van der Waals surface area contributed by atoms with Crippen molar-refractivity contribution in [3.8, 4) is 11.8 Å². The summed E-state index contributed by atoms with van der Waals surface area (Å²) >= 11 is 0. The lowest BCUT2D eigenvalue weighted by Crippen LogP contribution is -2.37. The smallest absolute Gasteiger partial charge is 0.338 e. The van der Waals surface area contributed by atoms with Gasteiger partial charge in [0.25, 0.3) is 0 Å². The summed E-state index contributed by atoms with van der Waals surface area (Å²) < 4.78 is 4.95. The van der Waals surface area contributed by atoms with Gasteiger partial charge in [-0.05, 0) is 58.9 Å². The number of hydrogen-bond acceptors (Lipinski definition) is 3. The van der Waals surface area contributed by atoms with Crippen LogP contribution in [0.15, 0.2) is 24.3 Å². The summed E-state index contributed by atoms with van der Waals surface area (Å²) in [6.45, 7) is 11.6. The zero-order valence-electron chi connectivity index (χ0n) is 13.6. The maximum absolute atomic E-state index is 11.5. The fourth-order valence-corrected chi connectivity index (χ4v) is 2.10. The molecule has 3 heteroatoms. The van der Waals surface area contributed by atoms with E-state index in [4.69, 9.17) is 4.74 Å². The third-order valence-corrected chi connectivity index (χ3v) is 3.22. The van der Waals surface area contributed by atoms with Gasteiger partial charge in [-0.2, -0.15) is 0 Å². The zero-order chi connectivity index (χ0) is 15.8. The lowest BCUT2D eigenvalue weighted by atomic mass is 10.1. The molecule has 0 atom stereocenters. The van der Waals surface area contributed by atoms with Crippen molar-refractivity contribution in [1.82, 2.24) is 4.90 Å². The molecule has 0 N–H and O–H groups in total. The van der Waals surface area contributed by atoms with Crippen LogP contribution in [0.2, 0.25) is 0 Å². The summed E-state index contributed by atoms with van der Waals surface area (Å²) in [6, 6.07) is 8.17. The Hall–Kier alpha value is -1.79. The Kier molecular flexibility index (Phi) is 6.98. The van der Waals surface area contributed by atoms with Crippen LogP contribution < -0.4 is 0 Å². The molecule has 21 heavy (non-hydrogen) atoms. The van der Waals surface area contributed by atoms with Gasteiger partial charge in [0.2, 0.25) is 0 Å². The molecule has 0 aliphatic carbocycles. The molecule has 0 aliphatic heterocycles. The fraction of sp³-hybridized carbons (Fsp3) is 0.500. The Bertz CT molecular complexity index is 498. The minimum Gasteiger partial charge on any atom is -0.462 e. The van der Waals surface area contributed by atoms with Crippen LogP contribution in [0, 0.1) is 11.8 Å². The molecule has 0 radical (unpaired) electrons. The third kappa shape index (κ3) is 5.61. The number of hydrogen-bond donors (Lipinski definition) is 0. The van der Waals surface area contributed by atoms with Gasteiger partial charge in [0, 0.05) is 17.6 Å². The molecule has 1 aromatic carbocycles. The van der Waals surface area contributed by atoms with E-state index in [1.807, 2.05) is 12.1 Å². The predicted molar refractivity (Wildman–Crippen MR) is 86.3 cm³/mol. The first-order valence-electron chi connectivity index (χ1n) is 7.47. The van der Waals surface area contributed by atoms with Gasteiger partial charge in [-0.15, -0.1) is 0 Å². The lowest BCUT2D eigenvalue weighted by molar-refractivity contribution is 0.0526. The zero-order valence-corrected chi connectivity index (χ0v) is 13.6. The summed E-state index contributed by atoms with van der Waals surface area (Å²) in [4.78, 5) is 13.9. The first kappa shape index (κ1) is 17.3. The minimum atomic E-state index is -0.289. The van der Waals surface area contributed by atoms with Gasteiger partial charge in [-0.1, -0.05) is 11.8 Å². The Morgan fingerprint density at radius 2 is 1.71 bits per heavy atom. The highest BCUT2D eigenvalue weighted by molar-refractivity contribution is 5.89. The van der Waals surface area contributed by atoms with Gasteiger partial charge in [0.15, 0.2) is 0 Å². The van der Waals surface area contributed by atoms with Gasteiger partial charge in [0.05, 0.1) is 18.7 Å². The molecule has 0 fully saturated rings. The molecule has 0 aliphatic rings. The van der Waals surface area contributed by atoms with Crippen molar-refractivity contribution in [3.63, 3.8) is 0 Å². The second-order valence-electron chi connectivity index (χ2n) is 5.46. The quantitative estimate of drug-likeness (QED) is 0.614. The Morgan fingerprint density at radius 3 is 2.19 bits per heavy atom. The van der Waals surface area contributed by atoms with Gasteiger partial charge in [0.1, 0.15) is 0 Å². The second-order valence-corrected chi connectivity index (χ2v) is 5.46. The Balaban J connectivity index is 2.68. The summed E-state index contributed by atoms with van der Waals surface area (Å²) in [7, 11) is 0. The van der Waals surface area contributed by atoms with Gasteiger partial charge in [-0.25, -0.2) is 4.79 Å². The van der Waals surface area contributed by atoms with Crippen LogP contribution in [0.5, 0.6) is 0 Å². The third-order valence-electron chi connectivity index (χ3n) is 3.22. The number of nitrogens with zero attached hydrogens (tertiary/aromatic N) is 1. The first-order chi connectivity index (χ1) is 9.95. The molecule has 0 saturated heterocycles. The van der Waals surface area contributed by atoms with Crippen molar-refractivity contribution in [2.75, 3.05) is 13.2 Å². The van der Waals surface area contributed by atoms with Crippen molar-refractivity contribution in [3.05, 3.63) is 35.4 Å². The second kappa shape index (κ2) is 8.49. The molecule has 0 unspecified atom stereocenters. The maximum atomic E-state index is 11.5. The molecule has 0 aromatic heterocycles. The highest BCUT2D eigenvalue weighted by Crippen LogP contribution is 2.06. The van der Waals surface area contributed by atoms with Crippen LogP contribution >= 0.6 is 0 Å². The van der Waals surface area contributed by atoms with E-state index in [0.29, 0.717) is 24.3 Å². The normalized spacial score (nSPS) is 10.7. The standard InChI is InChI=1S/C18H25NO2/c1-6-21-18(20)17-11-9-16(10-12-17)8-7-13-19(14(2)3)15(4)5/h9-12,14-15H,6,13H2,1-5H3. The topological polar surface area (TPSA) is 29.5 Å².